The van der Waals surface area contributed by atoms with Gasteiger partial charge in [-0.25, -0.2) is 4.79 Å². The van der Waals surface area contributed by atoms with Crippen LogP contribution in [0.1, 0.15) is 36.7 Å². The second kappa shape index (κ2) is 7.70. The van der Waals surface area contributed by atoms with Crippen LogP contribution in [0.5, 0.6) is 0 Å². The number of rotatable bonds is 4. The molecule has 6 nitrogen and oxygen atoms in total. The molecular weight excluding hydrogens is 344 g/mol. The molecule has 132 valence electrons. The number of piperidine rings is 1. The van der Waals surface area contributed by atoms with Crippen molar-refractivity contribution in [1.29, 1.82) is 0 Å². The van der Waals surface area contributed by atoms with Gasteiger partial charge in [0.2, 0.25) is 0 Å². The van der Waals surface area contributed by atoms with Gasteiger partial charge in [-0.2, -0.15) is 0 Å². The molecule has 1 atom stereocenters. The minimum Gasteiger partial charge on any atom is -0.464 e. The lowest BCUT2D eigenvalue weighted by atomic mass is 10.0. The molecule has 1 aromatic heterocycles. The van der Waals surface area contributed by atoms with Gasteiger partial charge in [-0.15, -0.1) is 0 Å². The maximum Gasteiger partial charge on any atom is 0.328 e. The summed E-state index contributed by atoms with van der Waals surface area (Å²) in [4.78, 5) is 26.5. The highest BCUT2D eigenvalue weighted by Crippen LogP contribution is 2.25. The van der Waals surface area contributed by atoms with Crippen LogP contribution in [0.25, 0.3) is 11.3 Å². The molecular formula is C18H19ClN2O4. The molecule has 0 spiro atoms. The second-order valence-electron chi connectivity index (χ2n) is 5.85. The summed E-state index contributed by atoms with van der Waals surface area (Å²) in [5.41, 5.74) is 0.908. The van der Waals surface area contributed by atoms with E-state index in [1.165, 1.54) is 4.90 Å². The highest BCUT2D eigenvalue weighted by atomic mass is 35.5. The number of esters is 1. The average Bonchev–Trinajstić information content (AvgIpc) is 3.11. The van der Waals surface area contributed by atoms with Gasteiger partial charge in [0, 0.05) is 23.2 Å². The zero-order valence-corrected chi connectivity index (χ0v) is 14.7. The number of nitrogens with zero attached hydrogens (tertiary/aromatic N) is 2. The molecule has 0 radical (unpaired) electrons. The van der Waals surface area contributed by atoms with Gasteiger partial charge in [0.1, 0.15) is 6.04 Å². The first kappa shape index (κ1) is 17.5. The molecule has 3 rings (SSSR count). The molecule has 7 heteroatoms. The number of hydrogen-bond acceptors (Lipinski definition) is 5. The Bertz CT molecular complexity index is 774. The molecule has 1 aromatic carbocycles. The Labute approximate surface area is 150 Å². The molecule has 0 N–H and O–H groups in total. The molecule has 0 bridgehead atoms. The first-order valence-electron chi connectivity index (χ1n) is 8.30. The van der Waals surface area contributed by atoms with Crippen LogP contribution in [0.4, 0.5) is 0 Å². The predicted octanol–water partition coefficient (Wildman–Crippen LogP) is 3.55. The van der Waals surface area contributed by atoms with Crippen LogP contribution in [0.2, 0.25) is 5.02 Å². The number of ether oxygens (including phenoxy) is 1. The summed E-state index contributed by atoms with van der Waals surface area (Å²) in [5.74, 6) is -0.237. The van der Waals surface area contributed by atoms with Gasteiger partial charge in [0.15, 0.2) is 11.5 Å². The number of carbonyl (C=O) groups is 2. The third-order valence-electron chi connectivity index (χ3n) is 4.16. The fourth-order valence-electron chi connectivity index (χ4n) is 2.96. The zero-order chi connectivity index (χ0) is 17.8. The molecule has 0 saturated carbocycles. The van der Waals surface area contributed by atoms with Crippen molar-refractivity contribution >= 4 is 23.5 Å². The van der Waals surface area contributed by atoms with E-state index >= 15 is 0 Å². The van der Waals surface area contributed by atoms with Gasteiger partial charge in [-0.3, -0.25) is 4.79 Å². The molecule has 1 unspecified atom stereocenters. The first-order chi connectivity index (χ1) is 12.1. The van der Waals surface area contributed by atoms with Crippen LogP contribution in [0.3, 0.4) is 0 Å². The number of aromatic nitrogens is 1. The smallest absolute Gasteiger partial charge is 0.328 e. The van der Waals surface area contributed by atoms with Crippen molar-refractivity contribution in [1.82, 2.24) is 10.1 Å². The maximum absolute atomic E-state index is 12.8. The number of carbonyl (C=O) groups excluding carboxylic acids is 2. The van der Waals surface area contributed by atoms with E-state index in [4.69, 9.17) is 20.9 Å². The third-order valence-corrected chi connectivity index (χ3v) is 4.40. The molecule has 1 amide bonds. The molecule has 25 heavy (non-hydrogen) atoms. The van der Waals surface area contributed by atoms with E-state index in [1.807, 2.05) is 6.07 Å². The maximum atomic E-state index is 12.8. The highest BCUT2D eigenvalue weighted by Gasteiger charge is 2.34. The quantitative estimate of drug-likeness (QED) is 0.777. The van der Waals surface area contributed by atoms with Crippen molar-refractivity contribution < 1.29 is 18.8 Å². The zero-order valence-electron chi connectivity index (χ0n) is 13.9. The van der Waals surface area contributed by atoms with Gasteiger partial charge in [-0.05, 0) is 38.3 Å². The number of benzene rings is 1. The molecule has 0 aliphatic carbocycles. The van der Waals surface area contributed by atoms with E-state index in [2.05, 4.69) is 5.16 Å². The lowest BCUT2D eigenvalue weighted by Crippen LogP contribution is -2.48. The van der Waals surface area contributed by atoms with E-state index in [1.54, 1.807) is 31.2 Å². The van der Waals surface area contributed by atoms with Crippen molar-refractivity contribution in [2.24, 2.45) is 0 Å². The number of amides is 1. The monoisotopic (exact) mass is 362 g/mol. The Morgan fingerprint density at radius 2 is 2.20 bits per heavy atom. The van der Waals surface area contributed by atoms with Crippen LogP contribution in [-0.2, 0) is 9.53 Å². The van der Waals surface area contributed by atoms with Crippen LogP contribution in [-0.4, -0.2) is 41.1 Å². The lowest BCUT2D eigenvalue weighted by Gasteiger charge is -2.33. The van der Waals surface area contributed by atoms with E-state index in [-0.39, 0.29) is 17.6 Å². The SMILES string of the molecule is CCOC(=O)C1CCCCN1C(=O)c1cc(-c2cccc(Cl)c2)on1. The third kappa shape index (κ3) is 3.85. The van der Waals surface area contributed by atoms with E-state index in [0.29, 0.717) is 30.4 Å². The highest BCUT2D eigenvalue weighted by molar-refractivity contribution is 6.30. The summed E-state index contributed by atoms with van der Waals surface area (Å²) < 4.78 is 10.4. The average molecular weight is 363 g/mol. The fourth-order valence-corrected chi connectivity index (χ4v) is 3.15. The Hall–Kier alpha value is -2.34. The van der Waals surface area contributed by atoms with E-state index in [0.717, 1.165) is 18.4 Å². The van der Waals surface area contributed by atoms with Crippen molar-refractivity contribution in [2.75, 3.05) is 13.2 Å². The normalized spacial score (nSPS) is 17.4. The van der Waals surface area contributed by atoms with Gasteiger partial charge >= 0.3 is 5.97 Å². The van der Waals surface area contributed by atoms with E-state index in [9.17, 15) is 9.59 Å². The van der Waals surface area contributed by atoms with Crippen LogP contribution >= 0.6 is 11.6 Å². The summed E-state index contributed by atoms with van der Waals surface area (Å²) in [7, 11) is 0. The summed E-state index contributed by atoms with van der Waals surface area (Å²) in [6, 6.07) is 8.12. The second-order valence-corrected chi connectivity index (χ2v) is 6.29. The van der Waals surface area contributed by atoms with Crippen molar-refractivity contribution in [3.8, 4) is 11.3 Å². The van der Waals surface area contributed by atoms with Crippen LogP contribution in [0.15, 0.2) is 34.9 Å². The number of hydrogen-bond donors (Lipinski definition) is 0. The Kier molecular flexibility index (Phi) is 5.38. The van der Waals surface area contributed by atoms with Crippen molar-refractivity contribution in [3.63, 3.8) is 0 Å². The summed E-state index contributed by atoms with van der Waals surface area (Å²) in [6.45, 7) is 2.55. The minimum atomic E-state index is -0.562. The first-order valence-corrected chi connectivity index (χ1v) is 8.68. The fraction of sp³-hybridized carbons (Fsp3) is 0.389. The van der Waals surface area contributed by atoms with Gasteiger partial charge in [0.05, 0.1) is 6.61 Å². The predicted molar refractivity (Wildman–Crippen MR) is 92.3 cm³/mol. The Morgan fingerprint density at radius 3 is 2.96 bits per heavy atom. The summed E-state index contributed by atoms with van der Waals surface area (Å²) >= 11 is 5.98. The van der Waals surface area contributed by atoms with Gasteiger partial charge in [-0.1, -0.05) is 28.9 Å². The van der Waals surface area contributed by atoms with Crippen LogP contribution < -0.4 is 0 Å². The Morgan fingerprint density at radius 1 is 1.36 bits per heavy atom. The van der Waals surface area contributed by atoms with E-state index < -0.39 is 6.04 Å². The standard InChI is InChI=1S/C18H19ClN2O4/c1-2-24-18(23)15-8-3-4-9-21(15)17(22)14-11-16(25-20-14)12-6-5-7-13(19)10-12/h5-7,10-11,15H,2-4,8-9H2,1H3. The number of halogens is 1. The topological polar surface area (TPSA) is 72.6 Å². The molecule has 1 fully saturated rings. The van der Waals surface area contributed by atoms with Gasteiger partial charge in [0.25, 0.3) is 5.91 Å². The molecule has 2 aromatic rings. The van der Waals surface area contributed by atoms with Crippen LogP contribution in [0, 0.1) is 0 Å². The molecule has 1 saturated heterocycles. The lowest BCUT2D eigenvalue weighted by molar-refractivity contribution is -0.149. The molecule has 1 aliphatic heterocycles. The largest absolute Gasteiger partial charge is 0.464 e. The van der Waals surface area contributed by atoms with Crippen molar-refractivity contribution in [3.05, 3.63) is 41.0 Å². The molecule has 2 heterocycles. The van der Waals surface area contributed by atoms with Crippen molar-refractivity contribution in [2.45, 2.75) is 32.2 Å². The summed E-state index contributed by atoms with van der Waals surface area (Å²) in [6.07, 6.45) is 2.34. The molecule has 1 aliphatic rings. The minimum absolute atomic E-state index is 0.172. The summed E-state index contributed by atoms with van der Waals surface area (Å²) in [5, 5.41) is 4.45. The number of likely N-dealkylation sites (tertiary alicyclic amines) is 1. The Balaban J connectivity index is 1.81. The van der Waals surface area contributed by atoms with Gasteiger partial charge < -0.3 is 14.2 Å².